The van der Waals surface area contributed by atoms with Crippen LogP contribution < -0.4 is 0 Å². The molecule has 0 saturated carbocycles. The molecule has 36 heavy (non-hydrogen) atoms. The average molecular weight is 466 g/mol. The molecule has 5 nitrogen and oxygen atoms in total. The van der Waals surface area contributed by atoms with Crippen LogP contribution in [0.4, 0.5) is 0 Å². The van der Waals surface area contributed by atoms with E-state index in [4.69, 9.17) is 0 Å². The van der Waals surface area contributed by atoms with Crippen molar-refractivity contribution in [3.63, 3.8) is 0 Å². The van der Waals surface area contributed by atoms with Crippen LogP contribution in [0.5, 0.6) is 0 Å². The molecule has 4 aromatic carbocycles. The standard InChI is InChI=1S/C31H23N5/c1-19-8-10-22(11-9-19)23-14-15-27-26-6-4-5-7-28(26)36(30(27)16-23)29-17-24(12-13-25(29)18-32)31-34-20(2)33-21(3)35-31/h4-17H,1-3H3. The lowest BCUT2D eigenvalue weighted by atomic mass is 10.0. The second-order valence-electron chi connectivity index (χ2n) is 9.05. The molecular weight excluding hydrogens is 442 g/mol. The Kier molecular flexibility index (Phi) is 5.09. The van der Waals surface area contributed by atoms with Gasteiger partial charge in [0.15, 0.2) is 5.82 Å². The highest BCUT2D eigenvalue weighted by Gasteiger charge is 2.17. The molecule has 6 rings (SSSR count). The summed E-state index contributed by atoms with van der Waals surface area (Å²) in [5, 5.41) is 12.3. The molecule has 0 N–H and O–H groups in total. The van der Waals surface area contributed by atoms with Crippen LogP contribution in [0.1, 0.15) is 22.8 Å². The van der Waals surface area contributed by atoms with Crippen LogP contribution in [0.3, 0.4) is 0 Å². The van der Waals surface area contributed by atoms with Crippen molar-refractivity contribution in [1.29, 1.82) is 5.26 Å². The molecule has 6 aromatic rings. The molecular formula is C31H23N5. The van der Waals surface area contributed by atoms with E-state index < -0.39 is 0 Å². The molecule has 0 radical (unpaired) electrons. The maximum atomic E-state index is 10.1. The smallest absolute Gasteiger partial charge is 0.163 e. The Hall–Kier alpha value is -4.82. The Morgan fingerprint density at radius 2 is 1.31 bits per heavy atom. The van der Waals surface area contributed by atoms with Crippen molar-refractivity contribution in [3.05, 3.63) is 108 Å². The van der Waals surface area contributed by atoms with E-state index in [2.05, 4.69) is 93.2 Å². The fraction of sp³-hybridized carbons (Fsp3) is 0.0968. The highest BCUT2D eigenvalue weighted by Crippen LogP contribution is 2.36. The number of para-hydroxylation sites is 1. The Balaban J connectivity index is 1.66. The van der Waals surface area contributed by atoms with E-state index in [1.54, 1.807) is 0 Å². The predicted molar refractivity (Wildman–Crippen MR) is 144 cm³/mol. The van der Waals surface area contributed by atoms with Crippen molar-refractivity contribution in [3.8, 4) is 34.3 Å². The third kappa shape index (κ3) is 3.60. The van der Waals surface area contributed by atoms with Crippen molar-refractivity contribution >= 4 is 21.8 Å². The van der Waals surface area contributed by atoms with Crippen LogP contribution in [-0.4, -0.2) is 19.5 Å². The Labute approximate surface area is 209 Å². The Bertz CT molecular complexity index is 1800. The van der Waals surface area contributed by atoms with E-state index in [-0.39, 0.29) is 0 Å². The van der Waals surface area contributed by atoms with Gasteiger partial charge in [-0.3, -0.25) is 0 Å². The summed E-state index contributed by atoms with van der Waals surface area (Å²) in [5.74, 6) is 1.94. The fourth-order valence-electron chi connectivity index (χ4n) is 4.85. The van der Waals surface area contributed by atoms with Crippen LogP contribution in [-0.2, 0) is 0 Å². The quantitative estimate of drug-likeness (QED) is 0.280. The first kappa shape index (κ1) is 21.7. The number of hydrogen-bond acceptors (Lipinski definition) is 4. The zero-order chi connectivity index (χ0) is 24.8. The van der Waals surface area contributed by atoms with Gasteiger partial charge in [-0.25, -0.2) is 15.0 Å². The van der Waals surface area contributed by atoms with Crippen LogP contribution in [0.2, 0.25) is 0 Å². The van der Waals surface area contributed by atoms with Gasteiger partial charge < -0.3 is 4.57 Å². The van der Waals surface area contributed by atoms with Gasteiger partial charge in [0.05, 0.1) is 22.3 Å². The molecule has 0 fully saturated rings. The Morgan fingerprint density at radius 3 is 2.06 bits per heavy atom. The summed E-state index contributed by atoms with van der Waals surface area (Å²) in [6.45, 7) is 5.82. The zero-order valence-corrected chi connectivity index (χ0v) is 20.3. The molecule has 2 heterocycles. The van der Waals surface area contributed by atoms with Gasteiger partial charge in [0, 0.05) is 16.3 Å². The molecule has 0 amide bonds. The lowest BCUT2D eigenvalue weighted by Crippen LogP contribution is -2.02. The highest BCUT2D eigenvalue weighted by atomic mass is 15.0. The number of aryl methyl sites for hydroxylation is 3. The fourth-order valence-corrected chi connectivity index (χ4v) is 4.85. The average Bonchev–Trinajstić information content (AvgIpc) is 3.21. The first-order chi connectivity index (χ1) is 17.5. The number of nitriles is 1. The van der Waals surface area contributed by atoms with Gasteiger partial charge in [0.1, 0.15) is 17.7 Å². The molecule has 2 aromatic heterocycles. The lowest BCUT2D eigenvalue weighted by Gasteiger charge is -2.13. The van der Waals surface area contributed by atoms with Crippen LogP contribution >= 0.6 is 0 Å². The van der Waals surface area contributed by atoms with E-state index in [1.807, 2.05) is 38.1 Å². The van der Waals surface area contributed by atoms with E-state index in [9.17, 15) is 5.26 Å². The number of nitrogens with zero attached hydrogens (tertiary/aromatic N) is 5. The topological polar surface area (TPSA) is 67.4 Å². The van der Waals surface area contributed by atoms with Gasteiger partial charge in [-0.15, -0.1) is 0 Å². The molecule has 172 valence electrons. The predicted octanol–water partition coefficient (Wildman–Crippen LogP) is 7.10. The SMILES string of the molecule is Cc1ccc(-c2ccc3c4ccccc4n(-c4cc(-c5nc(C)nc(C)n5)ccc4C#N)c3c2)cc1. The van der Waals surface area contributed by atoms with Gasteiger partial charge in [-0.1, -0.05) is 60.2 Å². The summed E-state index contributed by atoms with van der Waals surface area (Å²) in [6, 6.07) is 31.6. The number of fused-ring (bicyclic) bond motifs is 3. The van der Waals surface area contributed by atoms with Gasteiger partial charge in [0.25, 0.3) is 0 Å². The van der Waals surface area contributed by atoms with Gasteiger partial charge in [-0.2, -0.15) is 5.26 Å². The molecule has 0 aliphatic rings. The second kappa shape index (κ2) is 8.44. The summed E-state index contributed by atoms with van der Waals surface area (Å²) in [7, 11) is 0. The number of rotatable bonds is 3. The van der Waals surface area contributed by atoms with Crippen molar-refractivity contribution < 1.29 is 0 Å². The first-order valence-corrected chi connectivity index (χ1v) is 11.9. The third-order valence-electron chi connectivity index (χ3n) is 6.53. The van der Waals surface area contributed by atoms with Gasteiger partial charge >= 0.3 is 0 Å². The summed E-state index contributed by atoms with van der Waals surface area (Å²) >= 11 is 0. The molecule has 5 heteroatoms. The van der Waals surface area contributed by atoms with Crippen molar-refractivity contribution in [2.45, 2.75) is 20.8 Å². The molecule has 0 spiro atoms. The first-order valence-electron chi connectivity index (χ1n) is 11.9. The lowest BCUT2D eigenvalue weighted by molar-refractivity contribution is 0.928. The number of benzene rings is 4. The minimum Gasteiger partial charge on any atom is -0.308 e. The molecule has 0 bridgehead atoms. The molecule has 0 unspecified atom stereocenters. The van der Waals surface area contributed by atoms with Gasteiger partial charge in [-0.05, 0) is 62.2 Å². The minimum atomic E-state index is 0.588. The van der Waals surface area contributed by atoms with E-state index in [0.717, 1.165) is 44.2 Å². The van der Waals surface area contributed by atoms with Crippen molar-refractivity contribution in [2.75, 3.05) is 0 Å². The zero-order valence-electron chi connectivity index (χ0n) is 20.3. The van der Waals surface area contributed by atoms with Crippen molar-refractivity contribution in [2.24, 2.45) is 0 Å². The maximum Gasteiger partial charge on any atom is 0.163 e. The minimum absolute atomic E-state index is 0.588. The molecule has 0 saturated heterocycles. The van der Waals surface area contributed by atoms with Gasteiger partial charge in [0.2, 0.25) is 0 Å². The van der Waals surface area contributed by atoms with Crippen molar-refractivity contribution in [1.82, 2.24) is 19.5 Å². The normalized spacial score (nSPS) is 11.2. The molecule has 0 atom stereocenters. The van der Waals surface area contributed by atoms with Crippen LogP contribution in [0.25, 0.3) is 50.0 Å². The summed E-state index contributed by atoms with van der Waals surface area (Å²) in [5.41, 5.74) is 7.85. The number of aromatic nitrogens is 4. The van der Waals surface area contributed by atoms with E-state index in [1.165, 1.54) is 5.56 Å². The van der Waals surface area contributed by atoms with Crippen LogP contribution in [0.15, 0.2) is 84.9 Å². The number of hydrogen-bond donors (Lipinski definition) is 0. The van der Waals surface area contributed by atoms with E-state index in [0.29, 0.717) is 23.0 Å². The maximum absolute atomic E-state index is 10.1. The summed E-state index contributed by atoms with van der Waals surface area (Å²) in [4.78, 5) is 13.4. The molecule has 0 aliphatic carbocycles. The van der Waals surface area contributed by atoms with Crippen LogP contribution in [0, 0.1) is 32.1 Å². The Morgan fingerprint density at radius 1 is 0.639 bits per heavy atom. The van der Waals surface area contributed by atoms with E-state index >= 15 is 0 Å². The summed E-state index contributed by atoms with van der Waals surface area (Å²) in [6.07, 6.45) is 0. The second-order valence-corrected chi connectivity index (χ2v) is 9.05. The largest absolute Gasteiger partial charge is 0.308 e. The highest BCUT2D eigenvalue weighted by molar-refractivity contribution is 6.10. The summed E-state index contributed by atoms with van der Waals surface area (Å²) < 4.78 is 2.19. The molecule has 0 aliphatic heterocycles. The monoisotopic (exact) mass is 465 g/mol. The third-order valence-corrected chi connectivity index (χ3v) is 6.53.